The molecule has 0 radical (unpaired) electrons. The van der Waals surface area contributed by atoms with Crippen LogP contribution in [0.5, 0.6) is 0 Å². The van der Waals surface area contributed by atoms with Gasteiger partial charge in [0.2, 0.25) is 0 Å². The summed E-state index contributed by atoms with van der Waals surface area (Å²) < 4.78 is 13.0. The van der Waals surface area contributed by atoms with E-state index in [1.165, 1.54) is 23.9 Å². The molecule has 0 atom stereocenters. The molecule has 2 nitrogen and oxygen atoms in total. The van der Waals surface area contributed by atoms with Gasteiger partial charge in [-0.15, -0.1) is 0 Å². The van der Waals surface area contributed by atoms with Crippen molar-refractivity contribution in [2.24, 2.45) is 0 Å². The number of aryl methyl sites for hydroxylation is 1. The molecule has 17 heavy (non-hydrogen) atoms. The summed E-state index contributed by atoms with van der Waals surface area (Å²) in [6.45, 7) is 1.65. The lowest BCUT2D eigenvalue weighted by atomic mass is 10.1. The molecule has 0 saturated carbocycles. The summed E-state index contributed by atoms with van der Waals surface area (Å²) in [4.78, 5) is 11.7. The molecule has 0 aliphatic rings. The molecule has 90 valence electrons. The van der Waals surface area contributed by atoms with Crippen molar-refractivity contribution in [1.82, 2.24) is 0 Å². The van der Waals surface area contributed by atoms with E-state index in [0.717, 1.165) is 12.2 Å². The maximum absolute atomic E-state index is 13.0. The predicted molar refractivity (Wildman–Crippen MR) is 67.6 cm³/mol. The molecule has 0 amide bonds. The fourth-order valence-corrected chi connectivity index (χ4v) is 2.16. The first kappa shape index (κ1) is 13.7. The van der Waals surface area contributed by atoms with Crippen LogP contribution >= 0.6 is 11.8 Å². The van der Waals surface area contributed by atoms with Crippen LogP contribution in [0.3, 0.4) is 0 Å². The van der Waals surface area contributed by atoms with Crippen molar-refractivity contribution in [1.29, 1.82) is 5.26 Å². The van der Waals surface area contributed by atoms with Crippen molar-refractivity contribution in [2.75, 3.05) is 11.5 Å². The number of hydrogen-bond donors (Lipinski definition) is 0. The number of unbranched alkanes of at least 4 members (excludes halogenated alkanes) is 1. The SMILES string of the molecule is Cc1cc(C(=O)CSCCCC#N)ccc1F. The van der Waals surface area contributed by atoms with E-state index in [0.29, 0.717) is 23.3 Å². The molecule has 0 N–H and O–H groups in total. The Morgan fingerprint density at radius 2 is 2.29 bits per heavy atom. The third-order valence-electron chi connectivity index (χ3n) is 2.29. The Bertz CT molecular complexity index is 440. The van der Waals surface area contributed by atoms with Crippen LogP contribution < -0.4 is 0 Å². The van der Waals surface area contributed by atoms with Crippen molar-refractivity contribution in [3.63, 3.8) is 0 Å². The van der Waals surface area contributed by atoms with Gasteiger partial charge in [-0.3, -0.25) is 4.79 Å². The average molecular weight is 251 g/mol. The lowest BCUT2D eigenvalue weighted by molar-refractivity contribution is 0.102. The number of carbonyl (C=O) groups is 1. The zero-order valence-electron chi connectivity index (χ0n) is 9.70. The van der Waals surface area contributed by atoms with E-state index in [4.69, 9.17) is 5.26 Å². The number of halogens is 1. The third-order valence-corrected chi connectivity index (χ3v) is 3.33. The fraction of sp³-hybridized carbons (Fsp3) is 0.385. The molecule has 0 aliphatic carbocycles. The number of carbonyl (C=O) groups excluding carboxylic acids is 1. The number of benzene rings is 1. The molecule has 1 aromatic carbocycles. The van der Waals surface area contributed by atoms with Gasteiger partial charge in [-0.25, -0.2) is 4.39 Å². The predicted octanol–water partition coefficient (Wildman–Crippen LogP) is 3.35. The first-order valence-electron chi connectivity index (χ1n) is 5.39. The summed E-state index contributed by atoms with van der Waals surface area (Å²) >= 11 is 1.51. The molecule has 1 aromatic rings. The van der Waals surface area contributed by atoms with Crippen molar-refractivity contribution in [3.8, 4) is 6.07 Å². The Kier molecular flexibility index (Phi) is 5.71. The Morgan fingerprint density at radius 1 is 1.53 bits per heavy atom. The minimum Gasteiger partial charge on any atom is -0.293 e. The normalized spacial score (nSPS) is 9.94. The first-order chi connectivity index (χ1) is 8.15. The topological polar surface area (TPSA) is 40.9 Å². The Balaban J connectivity index is 2.42. The summed E-state index contributed by atoms with van der Waals surface area (Å²) in [7, 11) is 0. The van der Waals surface area contributed by atoms with E-state index in [9.17, 15) is 9.18 Å². The highest BCUT2D eigenvalue weighted by atomic mass is 32.2. The highest BCUT2D eigenvalue weighted by molar-refractivity contribution is 7.99. The number of rotatable bonds is 6. The van der Waals surface area contributed by atoms with Gasteiger partial charge in [-0.2, -0.15) is 17.0 Å². The number of hydrogen-bond acceptors (Lipinski definition) is 3. The highest BCUT2D eigenvalue weighted by Crippen LogP contribution is 2.13. The minimum absolute atomic E-state index is 0.00931. The lowest BCUT2D eigenvalue weighted by Crippen LogP contribution is -2.04. The van der Waals surface area contributed by atoms with Crippen molar-refractivity contribution < 1.29 is 9.18 Å². The summed E-state index contributed by atoms with van der Waals surface area (Å²) in [5.41, 5.74) is 1.04. The maximum atomic E-state index is 13.0. The first-order valence-corrected chi connectivity index (χ1v) is 6.54. The zero-order valence-corrected chi connectivity index (χ0v) is 10.5. The molecule has 0 saturated heterocycles. The van der Waals surface area contributed by atoms with Crippen molar-refractivity contribution >= 4 is 17.5 Å². The van der Waals surface area contributed by atoms with E-state index in [1.54, 1.807) is 13.0 Å². The van der Waals surface area contributed by atoms with Gasteiger partial charge in [0.1, 0.15) is 5.82 Å². The second-order valence-electron chi connectivity index (χ2n) is 3.70. The molecule has 0 aromatic heterocycles. The number of thioether (sulfide) groups is 1. The van der Waals surface area contributed by atoms with Crippen LogP contribution in [0.1, 0.15) is 28.8 Å². The average Bonchev–Trinajstić information content (AvgIpc) is 2.32. The molecular weight excluding hydrogens is 237 g/mol. The molecule has 4 heteroatoms. The summed E-state index contributed by atoms with van der Waals surface area (Å²) in [6.07, 6.45) is 1.33. The molecule has 0 spiro atoms. The lowest BCUT2D eigenvalue weighted by Gasteiger charge is -2.02. The van der Waals surface area contributed by atoms with Crippen molar-refractivity contribution in [3.05, 3.63) is 35.1 Å². The van der Waals surface area contributed by atoms with Crippen LogP contribution in [0.25, 0.3) is 0 Å². The van der Waals surface area contributed by atoms with Gasteiger partial charge in [0.05, 0.1) is 11.8 Å². The number of Topliss-reactive ketones (excluding diaryl/α,β-unsaturated/α-hetero) is 1. The summed E-state index contributed by atoms with van der Waals surface area (Å²) in [5.74, 6) is 0.911. The second-order valence-corrected chi connectivity index (χ2v) is 4.81. The Morgan fingerprint density at radius 3 is 2.94 bits per heavy atom. The van der Waals surface area contributed by atoms with Gasteiger partial charge in [-0.1, -0.05) is 0 Å². The molecule has 1 rings (SSSR count). The van der Waals surface area contributed by atoms with E-state index < -0.39 is 0 Å². The van der Waals surface area contributed by atoms with Gasteiger partial charge >= 0.3 is 0 Å². The van der Waals surface area contributed by atoms with Crippen LogP contribution in [0.4, 0.5) is 4.39 Å². The molecular formula is C13H14FNOS. The number of nitriles is 1. The van der Waals surface area contributed by atoms with Gasteiger partial charge < -0.3 is 0 Å². The molecule has 0 aliphatic heterocycles. The maximum Gasteiger partial charge on any atom is 0.172 e. The van der Waals surface area contributed by atoms with Crippen LogP contribution in [0, 0.1) is 24.1 Å². The molecule has 0 unspecified atom stereocenters. The van der Waals surface area contributed by atoms with E-state index in [2.05, 4.69) is 6.07 Å². The smallest absolute Gasteiger partial charge is 0.172 e. The van der Waals surface area contributed by atoms with Crippen LogP contribution in [-0.4, -0.2) is 17.3 Å². The second kappa shape index (κ2) is 7.08. The van der Waals surface area contributed by atoms with Gasteiger partial charge in [-0.05, 0) is 42.9 Å². The quantitative estimate of drug-likeness (QED) is 0.575. The third kappa shape index (κ3) is 4.58. The number of ketones is 1. The molecule has 0 bridgehead atoms. The van der Waals surface area contributed by atoms with E-state index >= 15 is 0 Å². The highest BCUT2D eigenvalue weighted by Gasteiger charge is 2.07. The summed E-state index contributed by atoms with van der Waals surface area (Å²) in [6, 6.07) is 6.47. The van der Waals surface area contributed by atoms with Gasteiger partial charge in [0.15, 0.2) is 5.78 Å². The largest absolute Gasteiger partial charge is 0.293 e. The zero-order chi connectivity index (χ0) is 12.7. The Hall–Kier alpha value is -1.34. The van der Waals surface area contributed by atoms with Crippen LogP contribution in [0.15, 0.2) is 18.2 Å². The van der Waals surface area contributed by atoms with E-state index in [-0.39, 0.29) is 11.6 Å². The molecule has 0 fully saturated rings. The minimum atomic E-state index is -0.289. The fourth-order valence-electron chi connectivity index (χ4n) is 1.32. The number of nitrogens with zero attached hydrogens (tertiary/aromatic N) is 1. The van der Waals surface area contributed by atoms with Crippen molar-refractivity contribution in [2.45, 2.75) is 19.8 Å². The van der Waals surface area contributed by atoms with Gasteiger partial charge in [0, 0.05) is 12.0 Å². The van der Waals surface area contributed by atoms with Crippen LogP contribution in [0.2, 0.25) is 0 Å². The van der Waals surface area contributed by atoms with E-state index in [1.807, 2.05) is 0 Å². The summed E-state index contributed by atoms with van der Waals surface area (Å²) in [5, 5.41) is 8.35. The van der Waals surface area contributed by atoms with Crippen LogP contribution in [-0.2, 0) is 0 Å². The Labute approximate surface area is 105 Å². The standard InChI is InChI=1S/C13H14FNOS/c1-10-8-11(4-5-12(10)14)13(16)9-17-7-3-2-6-15/h4-5,8H,2-3,7,9H2,1H3. The van der Waals surface area contributed by atoms with Gasteiger partial charge in [0.25, 0.3) is 0 Å². The monoisotopic (exact) mass is 251 g/mol. The molecule has 0 heterocycles.